The van der Waals surface area contributed by atoms with E-state index in [4.69, 9.17) is 0 Å². The quantitative estimate of drug-likeness (QED) is 0.481. The van der Waals surface area contributed by atoms with Gasteiger partial charge in [0.05, 0.1) is 5.97 Å². The molecule has 0 bridgehead atoms. The van der Waals surface area contributed by atoms with Crippen LogP contribution in [0.2, 0.25) is 0 Å². The van der Waals surface area contributed by atoms with Gasteiger partial charge in [0.1, 0.15) is 0 Å². The number of aliphatic carboxylic acids is 1. The SMILES string of the molecule is CN1CCCC1C(=O)[O-].[Cs+]. The maximum atomic E-state index is 10.3. The van der Waals surface area contributed by atoms with Gasteiger partial charge in [-0.1, -0.05) is 0 Å². The van der Waals surface area contributed by atoms with Crippen molar-refractivity contribution < 1.29 is 78.8 Å². The van der Waals surface area contributed by atoms with Crippen LogP contribution in [0.3, 0.4) is 0 Å². The maximum absolute atomic E-state index is 10.3. The molecule has 0 aromatic rings. The third kappa shape index (κ3) is 2.85. The molecule has 0 aromatic heterocycles. The molecule has 1 fully saturated rings. The Morgan fingerprint density at radius 1 is 1.70 bits per heavy atom. The molecular formula is C6H10CsNO2. The van der Waals surface area contributed by atoms with Crippen LogP contribution in [-0.2, 0) is 4.79 Å². The summed E-state index contributed by atoms with van der Waals surface area (Å²) in [5.74, 6) is -0.935. The van der Waals surface area contributed by atoms with Gasteiger partial charge in [0.2, 0.25) is 0 Å². The van der Waals surface area contributed by atoms with Crippen LogP contribution >= 0.6 is 0 Å². The summed E-state index contributed by atoms with van der Waals surface area (Å²) in [7, 11) is 1.81. The van der Waals surface area contributed by atoms with Gasteiger partial charge in [0.15, 0.2) is 0 Å². The molecule has 10 heavy (non-hydrogen) atoms. The molecular weight excluding hydrogens is 251 g/mol. The topological polar surface area (TPSA) is 43.4 Å². The van der Waals surface area contributed by atoms with Gasteiger partial charge in [0.25, 0.3) is 0 Å². The Morgan fingerprint density at radius 2 is 2.30 bits per heavy atom. The van der Waals surface area contributed by atoms with Gasteiger partial charge in [-0.05, 0) is 26.4 Å². The largest absolute Gasteiger partial charge is 1.00 e. The van der Waals surface area contributed by atoms with Crippen molar-refractivity contribution in [3.63, 3.8) is 0 Å². The van der Waals surface area contributed by atoms with E-state index in [0.717, 1.165) is 19.4 Å². The Hall–Kier alpha value is 1.48. The molecule has 52 valence electrons. The summed E-state index contributed by atoms with van der Waals surface area (Å²) < 4.78 is 0. The van der Waals surface area contributed by atoms with E-state index in [0.29, 0.717) is 0 Å². The van der Waals surface area contributed by atoms with E-state index in [2.05, 4.69) is 0 Å². The molecule has 1 unspecified atom stereocenters. The molecule has 3 nitrogen and oxygen atoms in total. The molecule has 1 atom stereocenters. The third-order valence-electron chi connectivity index (χ3n) is 1.79. The zero-order valence-electron chi connectivity index (χ0n) is 6.46. The molecule has 1 saturated heterocycles. The monoisotopic (exact) mass is 261 g/mol. The summed E-state index contributed by atoms with van der Waals surface area (Å²) in [6, 6.07) is -0.329. The van der Waals surface area contributed by atoms with Gasteiger partial charge >= 0.3 is 68.9 Å². The number of carbonyl (C=O) groups is 1. The van der Waals surface area contributed by atoms with Crippen molar-refractivity contribution >= 4 is 5.97 Å². The van der Waals surface area contributed by atoms with Crippen molar-refractivity contribution in [3.05, 3.63) is 0 Å². The van der Waals surface area contributed by atoms with E-state index in [1.54, 1.807) is 0 Å². The van der Waals surface area contributed by atoms with Crippen molar-refractivity contribution in [2.75, 3.05) is 13.6 Å². The van der Waals surface area contributed by atoms with Gasteiger partial charge in [-0.3, -0.25) is 4.90 Å². The summed E-state index contributed by atoms with van der Waals surface area (Å²) >= 11 is 0. The number of rotatable bonds is 1. The molecule has 0 radical (unpaired) electrons. The van der Waals surface area contributed by atoms with Crippen LogP contribution in [0.1, 0.15) is 12.8 Å². The van der Waals surface area contributed by atoms with Crippen molar-refractivity contribution in [2.24, 2.45) is 0 Å². The molecule has 0 amide bonds. The first-order valence-corrected chi connectivity index (χ1v) is 3.13. The minimum atomic E-state index is -0.935. The van der Waals surface area contributed by atoms with Gasteiger partial charge in [-0.15, -0.1) is 0 Å². The predicted octanol–water partition coefficient (Wildman–Crippen LogP) is -4.17. The van der Waals surface area contributed by atoms with E-state index in [-0.39, 0.29) is 74.9 Å². The molecule has 1 aliphatic heterocycles. The smallest absolute Gasteiger partial charge is 0.548 e. The first kappa shape index (κ1) is 11.5. The van der Waals surface area contributed by atoms with E-state index >= 15 is 0 Å². The molecule has 0 aliphatic carbocycles. The number of carbonyl (C=O) groups excluding carboxylic acids is 1. The van der Waals surface area contributed by atoms with E-state index in [1.807, 2.05) is 11.9 Å². The molecule has 0 saturated carbocycles. The van der Waals surface area contributed by atoms with Gasteiger partial charge in [0, 0.05) is 6.04 Å². The van der Waals surface area contributed by atoms with E-state index in [1.165, 1.54) is 0 Å². The second-order valence-electron chi connectivity index (χ2n) is 2.46. The fraction of sp³-hybridized carbons (Fsp3) is 0.833. The van der Waals surface area contributed by atoms with Crippen molar-refractivity contribution in [2.45, 2.75) is 18.9 Å². The molecule has 1 aliphatic rings. The van der Waals surface area contributed by atoms with Crippen molar-refractivity contribution in [1.82, 2.24) is 4.90 Å². The van der Waals surface area contributed by atoms with Crippen LogP contribution in [0.15, 0.2) is 0 Å². The zero-order chi connectivity index (χ0) is 6.85. The fourth-order valence-corrected chi connectivity index (χ4v) is 1.21. The fourth-order valence-electron chi connectivity index (χ4n) is 1.21. The molecule has 4 heteroatoms. The van der Waals surface area contributed by atoms with Gasteiger partial charge in [-0.25, -0.2) is 0 Å². The Balaban J connectivity index is 0.000000810. The van der Waals surface area contributed by atoms with Crippen LogP contribution in [0.4, 0.5) is 0 Å². The molecule has 1 rings (SSSR count). The predicted molar refractivity (Wildman–Crippen MR) is 30.7 cm³/mol. The van der Waals surface area contributed by atoms with Crippen LogP contribution < -0.4 is 74.0 Å². The maximum Gasteiger partial charge on any atom is 1.00 e. The van der Waals surface area contributed by atoms with Crippen LogP contribution in [0.25, 0.3) is 0 Å². The number of likely N-dealkylation sites (N-methyl/N-ethyl adjacent to an activating group) is 1. The van der Waals surface area contributed by atoms with Crippen LogP contribution in [-0.4, -0.2) is 30.5 Å². The second kappa shape index (κ2) is 5.18. The first-order chi connectivity index (χ1) is 4.22. The summed E-state index contributed by atoms with van der Waals surface area (Å²) in [6.45, 7) is 0.888. The Bertz CT molecular complexity index is 129. The summed E-state index contributed by atoms with van der Waals surface area (Å²) in [6.07, 6.45) is 1.73. The van der Waals surface area contributed by atoms with Crippen molar-refractivity contribution in [1.29, 1.82) is 0 Å². The average molecular weight is 261 g/mol. The molecule has 0 spiro atoms. The summed E-state index contributed by atoms with van der Waals surface area (Å²) in [5.41, 5.74) is 0. The number of likely N-dealkylation sites (tertiary alicyclic amines) is 1. The summed E-state index contributed by atoms with van der Waals surface area (Å²) in [5, 5.41) is 10.3. The Kier molecular flexibility index (Phi) is 5.95. The van der Waals surface area contributed by atoms with E-state index in [9.17, 15) is 9.90 Å². The third-order valence-corrected chi connectivity index (χ3v) is 1.79. The van der Waals surface area contributed by atoms with Gasteiger partial charge < -0.3 is 9.90 Å². The van der Waals surface area contributed by atoms with E-state index < -0.39 is 5.97 Å². The zero-order valence-corrected chi connectivity index (χ0v) is 12.7. The number of nitrogens with zero attached hydrogens (tertiary/aromatic N) is 1. The molecule has 0 aromatic carbocycles. The molecule has 0 N–H and O–H groups in total. The Labute approximate surface area is 120 Å². The van der Waals surface area contributed by atoms with Crippen LogP contribution in [0, 0.1) is 0 Å². The number of carboxylic acid groups (broad SMARTS) is 1. The molecule has 1 heterocycles. The minimum absolute atomic E-state index is 0. The number of hydrogen-bond donors (Lipinski definition) is 0. The van der Waals surface area contributed by atoms with Gasteiger partial charge in [-0.2, -0.15) is 0 Å². The van der Waals surface area contributed by atoms with Crippen LogP contribution in [0.5, 0.6) is 0 Å². The standard InChI is InChI=1S/C6H11NO2.Cs/c1-7-4-2-3-5(7)6(8)9;/h5H,2-4H2,1H3,(H,8,9);/q;+1/p-1. The second-order valence-corrected chi connectivity index (χ2v) is 2.46. The Morgan fingerprint density at radius 3 is 2.50 bits per heavy atom. The first-order valence-electron chi connectivity index (χ1n) is 3.13. The average Bonchev–Trinajstić information content (AvgIpc) is 2.13. The van der Waals surface area contributed by atoms with Crippen molar-refractivity contribution in [3.8, 4) is 0 Å². The normalized spacial score (nSPS) is 25.9. The minimum Gasteiger partial charge on any atom is -0.548 e. The summed E-state index contributed by atoms with van der Waals surface area (Å²) in [4.78, 5) is 12.1. The number of hydrogen-bond acceptors (Lipinski definition) is 3. The number of carboxylic acids is 1.